The average molecular weight is 235 g/mol. The van der Waals surface area contributed by atoms with Crippen LogP contribution in [0.1, 0.15) is 35.7 Å². The maximum absolute atomic E-state index is 13.3. The standard InChI is InChI=1S/C10H9F4NO/c1-3(2)4-6(11)8(13)5(10(15)16)9(14)7(4)12/h3H,1-2H3,(H2,15,16). The number of hydrogen-bond acceptors (Lipinski definition) is 1. The van der Waals surface area contributed by atoms with Crippen LogP contribution in [0, 0.1) is 23.3 Å². The smallest absolute Gasteiger partial charge is 0.254 e. The van der Waals surface area contributed by atoms with Gasteiger partial charge in [0.1, 0.15) is 5.56 Å². The first-order valence-electron chi connectivity index (χ1n) is 4.44. The van der Waals surface area contributed by atoms with Gasteiger partial charge in [-0.3, -0.25) is 4.79 Å². The molecule has 0 atom stereocenters. The van der Waals surface area contributed by atoms with Crippen LogP contribution in [-0.4, -0.2) is 5.91 Å². The summed E-state index contributed by atoms with van der Waals surface area (Å²) in [4.78, 5) is 10.6. The molecule has 0 bridgehead atoms. The highest BCUT2D eigenvalue weighted by molar-refractivity contribution is 5.93. The van der Waals surface area contributed by atoms with E-state index in [-0.39, 0.29) is 0 Å². The first-order valence-corrected chi connectivity index (χ1v) is 4.44. The molecule has 0 saturated carbocycles. The van der Waals surface area contributed by atoms with Gasteiger partial charge in [0.25, 0.3) is 5.91 Å². The van der Waals surface area contributed by atoms with Crippen molar-refractivity contribution in [1.82, 2.24) is 0 Å². The normalized spacial score (nSPS) is 10.9. The van der Waals surface area contributed by atoms with E-state index in [4.69, 9.17) is 0 Å². The summed E-state index contributed by atoms with van der Waals surface area (Å²) < 4.78 is 53.1. The van der Waals surface area contributed by atoms with Crippen LogP contribution in [-0.2, 0) is 0 Å². The van der Waals surface area contributed by atoms with Crippen molar-refractivity contribution in [3.8, 4) is 0 Å². The third kappa shape index (κ3) is 1.75. The van der Waals surface area contributed by atoms with E-state index in [0.29, 0.717) is 0 Å². The zero-order valence-electron chi connectivity index (χ0n) is 8.57. The number of primary amides is 1. The molecule has 0 aliphatic heterocycles. The van der Waals surface area contributed by atoms with E-state index in [2.05, 4.69) is 5.73 Å². The lowest BCUT2D eigenvalue weighted by Crippen LogP contribution is -2.20. The summed E-state index contributed by atoms with van der Waals surface area (Å²) in [6.45, 7) is 2.73. The Morgan fingerprint density at radius 2 is 1.38 bits per heavy atom. The molecule has 1 aromatic rings. The Labute approximate surface area is 89.1 Å². The Morgan fingerprint density at radius 1 is 1.00 bits per heavy atom. The minimum Gasteiger partial charge on any atom is -0.365 e. The largest absolute Gasteiger partial charge is 0.365 e. The van der Waals surface area contributed by atoms with E-state index >= 15 is 0 Å². The zero-order chi connectivity index (χ0) is 12.6. The summed E-state index contributed by atoms with van der Waals surface area (Å²) in [5.74, 6) is -8.98. The average Bonchev–Trinajstić information content (AvgIpc) is 2.14. The number of carbonyl (C=O) groups is 1. The molecule has 0 spiro atoms. The van der Waals surface area contributed by atoms with Crippen molar-refractivity contribution in [2.75, 3.05) is 0 Å². The molecule has 0 aliphatic carbocycles. The number of nitrogens with two attached hydrogens (primary N) is 1. The predicted octanol–water partition coefficient (Wildman–Crippen LogP) is 2.47. The van der Waals surface area contributed by atoms with Crippen LogP contribution in [0.15, 0.2) is 0 Å². The highest BCUT2D eigenvalue weighted by Gasteiger charge is 2.29. The van der Waals surface area contributed by atoms with E-state index < -0.39 is 46.2 Å². The molecule has 0 radical (unpaired) electrons. The number of benzene rings is 1. The summed E-state index contributed by atoms with van der Waals surface area (Å²) in [5, 5.41) is 0. The van der Waals surface area contributed by atoms with Crippen LogP contribution in [0.25, 0.3) is 0 Å². The Hall–Kier alpha value is -1.59. The second-order valence-electron chi connectivity index (χ2n) is 3.56. The molecule has 1 amide bonds. The minimum absolute atomic E-state index is 0.736. The van der Waals surface area contributed by atoms with E-state index in [1.807, 2.05) is 0 Å². The fourth-order valence-corrected chi connectivity index (χ4v) is 1.37. The molecule has 0 aromatic heterocycles. The fourth-order valence-electron chi connectivity index (χ4n) is 1.37. The van der Waals surface area contributed by atoms with Gasteiger partial charge in [-0.1, -0.05) is 13.8 Å². The van der Waals surface area contributed by atoms with Gasteiger partial charge in [0.2, 0.25) is 0 Å². The number of amides is 1. The molecule has 1 aromatic carbocycles. The van der Waals surface area contributed by atoms with Crippen molar-refractivity contribution < 1.29 is 22.4 Å². The maximum atomic E-state index is 13.3. The van der Waals surface area contributed by atoms with Crippen LogP contribution in [0.2, 0.25) is 0 Å². The Morgan fingerprint density at radius 3 is 1.62 bits per heavy atom. The third-order valence-corrected chi connectivity index (χ3v) is 2.12. The van der Waals surface area contributed by atoms with E-state index in [1.54, 1.807) is 0 Å². The SMILES string of the molecule is CC(C)c1c(F)c(F)c(C(N)=O)c(F)c1F. The third-order valence-electron chi connectivity index (χ3n) is 2.12. The van der Waals surface area contributed by atoms with Gasteiger partial charge >= 0.3 is 0 Å². The van der Waals surface area contributed by atoms with Crippen molar-refractivity contribution in [3.63, 3.8) is 0 Å². The highest BCUT2D eigenvalue weighted by atomic mass is 19.2. The van der Waals surface area contributed by atoms with Crippen molar-refractivity contribution in [2.45, 2.75) is 19.8 Å². The topological polar surface area (TPSA) is 43.1 Å². The molecule has 2 nitrogen and oxygen atoms in total. The molecule has 1 rings (SSSR count). The van der Waals surface area contributed by atoms with Crippen LogP contribution in [0.5, 0.6) is 0 Å². The highest BCUT2D eigenvalue weighted by Crippen LogP contribution is 2.28. The first-order chi connectivity index (χ1) is 7.29. The summed E-state index contributed by atoms with van der Waals surface area (Å²) in [7, 11) is 0. The second-order valence-corrected chi connectivity index (χ2v) is 3.56. The lowest BCUT2D eigenvalue weighted by Gasteiger charge is -2.12. The minimum atomic E-state index is -1.75. The van der Waals surface area contributed by atoms with Crippen LogP contribution >= 0.6 is 0 Å². The molecule has 0 unspecified atom stereocenters. The van der Waals surface area contributed by atoms with Gasteiger partial charge in [-0.05, 0) is 5.92 Å². The van der Waals surface area contributed by atoms with E-state index in [0.717, 1.165) is 0 Å². The first kappa shape index (κ1) is 12.5. The van der Waals surface area contributed by atoms with Crippen LogP contribution < -0.4 is 5.73 Å². The van der Waals surface area contributed by atoms with Crippen molar-refractivity contribution in [3.05, 3.63) is 34.4 Å². The fraction of sp³-hybridized carbons (Fsp3) is 0.300. The van der Waals surface area contributed by atoms with Gasteiger partial charge in [0, 0.05) is 5.56 Å². The van der Waals surface area contributed by atoms with Crippen LogP contribution in [0.3, 0.4) is 0 Å². The van der Waals surface area contributed by atoms with Gasteiger partial charge in [0.05, 0.1) is 0 Å². The lowest BCUT2D eigenvalue weighted by atomic mass is 9.98. The Balaban J connectivity index is 3.70. The number of halogens is 4. The van der Waals surface area contributed by atoms with Gasteiger partial charge in [-0.2, -0.15) is 0 Å². The Kier molecular flexibility index (Phi) is 3.21. The van der Waals surface area contributed by atoms with Gasteiger partial charge in [0.15, 0.2) is 23.3 Å². The molecule has 0 saturated heterocycles. The quantitative estimate of drug-likeness (QED) is 0.621. The summed E-state index contributed by atoms with van der Waals surface area (Å²) >= 11 is 0. The second kappa shape index (κ2) is 4.11. The molecular weight excluding hydrogens is 226 g/mol. The number of rotatable bonds is 2. The lowest BCUT2D eigenvalue weighted by molar-refractivity contribution is 0.0989. The molecule has 0 aliphatic rings. The maximum Gasteiger partial charge on any atom is 0.254 e. The van der Waals surface area contributed by atoms with Crippen molar-refractivity contribution in [2.24, 2.45) is 5.73 Å². The van der Waals surface area contributed by atoms with Gasteiger partial charge < -0.3 is 5.73 Å². The molecular formula is C10H9F4NO. The molecule has 88 valence electrons. The molecule has 0 heterocycles. The zero-order valence-corrected chi connectivity index (χ0v) is 8.57. The number of hydrogen-bond donors (Lipinski definition) is 1. The summed E-state index contributed by atoms with van der Waals surface area (Å²) in [6, 6.07) is 0. The van der Waals surface area contributed by atoms with Crippen LogP contribution in [0.4, 0.5) is 17.6 Å². The predicted molar refractivity (Wildman–Crippen MR) is 48.9 cm³/mol. The van der Waals surface area contributed by atoms with Gasteiger partial charge in [-0.25, -0.2) is 17.6 Å². The molecule has 0 fully saturated rings. The molecule has 6 heteroatoms. The Bertz CT molecular complexity index is 428. The summed E-state index contributed by atoms with van der Waals surface area (Å²) in [5.41, 5.74) is 2.50. The molecule has 16 heavy (non-hydrogen) atoms. The van der Waals surface area contributed by atoms with E-state index in [1.165, 1.54) is 13.8 Å². The van der Waals surface area contributed by atoms with Crippen molar-refractivity contribution in [1.29, 1.82) is 0 Å². The van der Waals surface area contributed by atoms with Crippen molar-refractivity contribution >= 4 is 5.91 Å². The number of carbonyl (C=O) groups excluding carboxylic acids is 1. The monoisotopic (exact) mass is 235 g/mol. The molecule has 2 N–H and O–H groups in total. The van der Waals surface area contributed by atoms with Gasteiger partial charge in [-0.15, -0.1) is 0 Å². The summed E-state index contributed by atoms with van der Waals surface area (Å²) in [6.07, 6.45) is 0. The van der Waals surface area contributed by atoms with E-state index in [9.17, 15) is 22.4 Å².